The third-order valence-electron chi connectivity index (χ3n) is 6.98. The second kappa shape index (κ2) is 11.2. The van der Waals surface area contributed by atoms with Crippen molar-refractivity contribution in [1.82, 2.24) is 0 Å². The Morgan fingerprint density at radius 3 is 2.50 bits per heavy atom. The van der Waals surface area contributed by atoms with Crippen LogP contribution in [0.5, 0.6) is 11.5 Å². The number of benzene rings is 3. The van der Waals surface area contributed by atoms with Gasteiger partial charge in [-0.15, -0.1) is 0 Å². The van der Waals surface area contributed by atoms with Crippen molar-refractivity contribution in [3.05, 3.63) is 78.6 Å². The lowest BCUT2D eigenvalue weighted by atomic mass is 10.00. The summed E-state index contributed by atoms with van der Waals surface area (Å²) < 4.78 is 17.9. The molecule has 0 amide bonds. The summed E-state index contributed by atoms with van der Waals surface area (Å²) in [5.74, 6) is 1.20. The van der Waals surface area contributed by atoms with Gasteiger partial charge in [0.25, 0.3) is 0 Å². The molecule has 1 aliphatic rings. The van der Waals surface area contributed by atoms with Crippen molar-refractivity contribution in [2.75, 3.05) is 18.5 Å². The van der Waals surface area contributed by atoms with Crippen molar-refractivity contribution in [1.29, 1.82) is 0 Å². The molecule has 198 valence electrons. The second-order valence-electron chi connectivity index (χ2n) is 10.5. The molecule has 3 aromatic carbocycles. The van der Waals surface area contributed by atoms with Crippen LogP contribution in [0.25, 0.3) is 22.1 Å². The van der Waals surface area contributed by atoms with Crippen LogP contribution in [-0.4, -0.2) is 29.8 Å². The van der Waals surface area contributed by atoms with E-state index in [1.54, 1.807) is 12.1 Å². The van der Waals surface area contributed by atoms with Gasteiger partial charge in [-0.1, -0.05) is 30.3 Å². The van der Waals surface area contributed by atoms with Gasteiger partial charge in [0.2, 0.25) is 0 Å². The Morgan fingerprint density at radius 1 is 1.03 bits per heavy atom. The molecule has 1 heterocycles. The van der Waals surface area contributed by atoms with E-state index in [0.717, 1.165) is 65.3 Å². The maximum atomic E-state index is 11.2. The molecule has 5 rings (SSSR count). The molecule has 2 N–H and O–H groups in total. The zero-order valence-electron chi connectivity index (χ0n) is 22.0. The number of ether oxygens (including phenoxy) is 2. The van der Waals surface area contributed by atoms with Crippen LogP contribution in [0.2, 0.25) is 0 Å². The van der Waals surface area contributed by atoms with Crippen LogP contribution in [0, 0.1) is 5.92 Å². The number of fused-ring (bicyclic) bond motifs is 1. The Kier molecular flexibility index (Phi) is 7.59. The molecule has 1 saturated carbocycles. The monoisotopic (exact) mass is 513 g/mol. The van der Waals surface area contributed by atoms with Crippen LogP contribution in [0.4, 0.5) is 5.69 Å². The first kappa shape index (κ1) is 25.7. The maximum absolute atomic E-state index is 11.2. The largest absolute Gasteiger partial charge is 0.493 e. The molecule has 0 atom stereocenters. The fourth-order valence-corrected chi connectivity index (χ4v) is 4.54. The number of carboxylic acid groups (broad SMARTS) is 1. The van der Waals surface area contributed by atoms with Gasteiger partial charge < -0.3 is 24.3 Å². The first-order valence-electron chi connectivity index (χ1n) is 13.4. The Balaban J connectivity index is 1.14. The van der Waals surface area contributed by atoms with Crippen molar-refractivity contribution in [2.45, 2.75) is 51.6 Å². The number of unbranched alkanes of at least 4 members (excludes halogenated alkanes) is 1. The van der Waals surface area contributed by atoms with Crippen LogP contribution >= 0.6 is 0 Å². The lowest BCUT2D eigenvalue weighted by Gasteiger charge is -2.21. The van der Waals surface area contributed by atoms with Crippen molar-refractivity contribution in [2.24, 2.45) is 5.92 Å². The molecular formula is C32H35NO5. The Hall–Kier alpha value is -3.93. The lowest BCUT2D eigenvalue weighted by molar-refractivity contribution is -0.152. The van der Waals surface area contributed by atoms with Crippen LogP contribution in [0.15, 0.2) is 77.4 Å². The van der Waals surface area contributed by atoms with E-state index in [-0.39, 0.29) is 0 Å². The Labute approximate surface area is 223 Å². The number of hydrogen-bond donors (Lipinski definition) is 2. The van der Waals surface area contributed by atoms with E-state index in [2.05, 4.69) is 41.7 Å². The Bertz CT molecular complexity index is 1370. The summed E-state index contributed by atoms with van der Waals surface area (Å²) >= 11 is 0. The molecule has 0 unspecified atom stereocenters. The van der Waals surface area contributed by atoms with E-state index in [0.29, 0.717) is 12.4 Å². The van der Waals surface area contributed by atoms with E-state index in [4.69, 9.17) is 13.9 Å². The number of hydrogen-bond acceptors (Lipinski definition) is 5. The van der Waals surface area contributed by atoms with E-state index in [1.165, 1.54) is 32.3 Å². The molecule has 0 spiro atoms. The van der Waals surface area contributed by atoms with Crippen molar-refractivity contribution >= 4 is 22.6 Å². The van der Waals surface area contributed by atoms with Gasteiger partial charge in [0, 0.05) is 28.7 Å². The quantitative estimate of drug-likeness (QED) is 0.180. The van der Waals surface area contributed by atoms with Gasteiger partial charge in [0.15, 0.2) is 5.60 Å². The summed E-state index contributed by atoms with van der Waals surface area (Å²) in [6.07, 6.45) is 7.31. The summed E-state index contributed by atoms with van der Waals surface area (Å²) in [6.45, 7) is 4.53. The molecule has 0 radical (unpaired) electrons. The minimum atomic E-state index is -1.26. The van der Waals surface area contributed by atoms with Crippen molar-refractivity contribution in [3.8, 4) is 22.6 Å². The van der Waals surface area contributed by atoms with Gasteiger partial charge in [0.1, 0.15) is 17.1 Å². The molecule has 6 nitrogen and oxygen atoms in total. The van der Waals surface area contributed by atoms with Gasteiger partial charge in [-0.25, -0.2) is 4.79 Å². The molecule has 4 aromatic rings. The van der Waals surface area contributed by atoms with Crippen molar-refractivity contribution in [3.63, 3.8) is 0 Å². The highest BCUT2D eigenvalue weighted by atomic mass is 16.5. The van der Waals surface area contributed by atoms with E-state index in [9.17, 15) is 9.90 Å². The minimum Gasteiger partial charge on any atom is -0.493 e. The number of carboxylic acids is 1. The molecule has 1 fully saturated rings. The number of aliphatic carboxylic acids is 1. The minimum absolute atomic E-state index is 0.530. The fraction of sp³-hybridized carbons (Fsp3) is 0.344. The average molecular weight is 514 g/mol. The fourth-order valence-electron chi connectivity index (χ4n) is 4.54. The topological polar surface area (TPSA) is 80.9 Å². The zero-order valence-corrected chi connectivity index (χ0v) is 22.0. The predicted molar refractivity (Wildman–Crippen MR) is 150 cm³/mol. The van der Waals surface area contributed by atoms with Gasteiger partial charge in [0.05, 0.1) is 12.9 Å². The second-order valence-corrected chi connectivity index (χ2v) is 10.5. The standard InChI is InChI=1S/C32H35NO5/c1-32(2,31(34)35)38-25-14-12-24(13-15-25)33-18-6-7-19-36-29-17-16-26-28(23-8-4-3-5-9-23)21-37-30(26)27(29)20-22-10-11-22/h3-5,8-9,12-17,21-22,33H,6-7,10-11,18-20H2,1-2H3,(H,34,35). The molecule has 38 heavy (non-hydrogen) atoms. The molecular weight excluding hydrogens is 478 g/mol. The molecule has 0 saturated heterocycles. The molecule has 0 aliphatic heterocycles. The lowest BCUT2D eigenvalue weighted by Crippen LogP contribution is -2.37. The van der Waals surface area contributed by atoms with Gasteiger partial charge in [-0.2, -0.15) is 0 Å². The van der Waals surface area contributed by atoms with Crippen LogP contribution < -0.4 is 14.8 Å². The molecule has 0 bridgehead atoms. The summed E-state index contributed by atoms with van der Waals surface area (Å²) in [4.78, 5) is 11.2. The predicted octanol–water partition coefficient (Wildman–Crippen LogP) is 7.57. The highest BCUT2D eigenvalue weighted by molar-refractivity contribution is 5.96. The van der Waals surface area contributed by atoms with E-state index in [1.807, 2.05) is 24.5 Å². The first-order chi connectivity index (χ1) is 18.4. The van der Waals surface area contributed by atoms with E-state index < -0.39 is 11.6 Å². The first-order valence-corrected chi connectivity index (χ1v) is 13.4. The SMILES string of the molecule is CC(C)(Oc1ccc(NCCCCOc2ccc3c(-c4ccccc4)coc3c2CC2CC2)cc1)C(=O)O. The summed E-state index contributed by atoms with van der Waals surface area (Å²) in [5, 5.41) is 13.8. The highest BCUT2D eigenvalue weighted by Gasteiger charge is 2.29. The molecule has 1 aromatic heterocycles. The molecule has 6 heteroatoms. The average Bonchev–Trinajstić information content (AvgIpc) is 3.63. The van der Waals surface area contributed by atoms with Crippen LogP contribution in [0.1, 0.15) is 45.1 Å². The molecule has 1 aliphatic carbocycles. The highest BCUT2D eigenvalue weighted by Crippen LogP contribution is 2.41. The third-order valence-corrected chi connectivity index (χ3v) is 6.98. The van der Waals surface area contributed by atoms with E-state index >= 15 is 0 Å². The maximum Gasteiger partial charge on any atom is 0.347 e. The Morgan fingerprint density at radius 2 is 1.79 bits per heavy atom. The number of furan rings is 1. The smallest absolute Gasteiger partial charge is 0.347 e. The van der Waals surface area contributed by atoms with Crippen LogP contribution in [0.3, 0.4) is 0 Å². The number of rotatable bonds is 13. The van der Waals surface area contributed by atoms with Crippen molar-refractivity contribution < 1.29 is 23.8 Å². The third kappa shape index (κ3) is 6.13. The van der Waals surface area contributed by atoms with Gasteiger partial charge >= 0.3 is 5.97 Å². The zero-order chi connectivity index (χ0) is 26.5. The van der Waals surface area contributed by atoms with Gasteiger partial charge in [-0.3, -0.25) is 0 Å². The summed E-state index contributed by atoms with van der Waals surface area (Å²) in [7, 11) is 0. The summed E-state index contributed by atoms with van der Waals surface area (Å²) in [5.41, 5.74) is 4.14. The summed E-state index contributed by atoms with van der Waals surface area (Å²) in [6, 6.07) is 22.0. The number of carbonyl (C=O) groups is 1. The van der Waals surface area contributed by atoms with Crippen LogP contribution in [-0.2, 0) is 11.2 Å². The number of nitrogens with one attached hydrogen (secondary N) is 1. The van der Waals surface area contributed by atoms with Gasteiger partial charge in [-0.05, 0) is 93.8 Å². The number of anilines is 1. The normalized spacial score (nSPS) is 13.4.